The minimum Gasteiger partial charge on any atom is -0.357 e. The summed E-state index contributed by atoms with van der Waals surface area (Å²) in [6.07, 6.45) is 12.6. The van der Waals surface area contributed by atoms with E-state index in [1.807, 2.05) is 23.3 Å². The molecule has 8 heteroatoms. The summed E-state index contributed by atoms with van der Waals surface area (Å²) in [5.74, 6) is 2.07. The number of halogens is 1. The molecule has 0 aromatic carbocycles. The van der Waals surface area contributed by atoms with Crippen LogP contribution in [0.4, 0.5) is 0 Å². The summed E-state index contributed by atoms with van der Waals surface area (Å²) in [7, 11) is 0. The van der Waals surface area contributed by atoms with Gasteiger partial charge in [0.1, 0.15) is 4.34 Å². The topological polar surface area (TPSA) is 52.6 Å². The molecule has 0 spiro atoms. The lowest BCUT2D eigenvalue weighted by molar-refractivity contribution is 0.119. The summed E-state index contributed by atoms with van der Waals surface area (Å²) in [5, 5.41) is 9.13. The monoisotopic (exact) mass is 537 g/mol. The Bertz CT molecular complexity index is 541. The van der Waals surface area contributed by atoms with Crippen LogP contribution in [0.5, 0.6) is 0 Å². The van der Waals surface area contributed by atoms with Crippen molar-refractivity contribution in [2.75, 3.05) is 31.9 Å². The van der Waals surface area contributed by atoms with Gasteiger partial charge in [0.15, 0.2) is 5.96 Å². The van der Waals surface area contributed by atoms with E-state index in [-0.39, 0.29) is 24.0 Å². The zero-order valence-electron chi connectivity index (χ0n) is 17.1. The van der Waals surface area contributed by atoms with Gasteiger partial charge in [0.2, 0.25) is 0 Å². The Hall–Kier alpha value is -0.0600. The zero-order chi connectivity index (χ0) is 18.7. The molecule has 0 radical (unpaired) electrons. The summed E-state index contributed by atoms with van der Waals surface area (Å²) < 4.78 is 1.16. The summed E-state index contributed by atoms with van der Waals surface area (Å²) in [5.41, 5.74) is 0. The first-order chi connectivity index (χ1) is 13.3. The number of rotatable bonds is 8. The van der Waals surface area contributed by atoms with Gasteiger partial charge in [-0.2, -0.15) is 0 Å². The molecule has 0 amide bonds. The predicted molar refractivity (Wildman–Crippen MR) is 133 cm³/mol. The van der Waals surface area contributed by atoms with Gasteiger partial charge in [0, 0.05) is 55.6 Å². The number of aromatic nitrogens is 1. The maximum atomic E-state index is 4.79. The van der Waals surface area contributed by atoms with Crippen molar-refractivity contribution < 1.29 is 0 Å². The Kier molecular flexibility index (Phi) is 12.1. The van der Waals surface area contributed by atoms with E-state index in [9.17, 15) is 0 Å². The minimum atomic E-state index is 0. The van der Waals surface area contributed by atoms with Crippen molar-refractivity contribution in [3.63, 3.8) is 0 Å². The highest BCUT2D eigenvalue weighted by Crippen LogP contribution is 2.25. The molecule has 0 bridgehead atoms. The van der Waals surface area contributed by atoms with Crippen molar-refractivity contribution in [3.05, 3.63) is 11.6 Å². The van der Waals surface area contributed by atoms with Crippen molar-refractivity contribution >= 4 is 53.0 Å². The lowest BCUT2D eigenvalue weighted by atomic mass is 9.92. The lowest BCUT2D eigenvalue weighted by Crippen LogP contribution is -2.51. The molecule has 1 aromatic heterocycles. The molecule has 2 aliphatic rings. The predicted octanol–water partition coefficient (Wildman–Crippen LogP) is 4.60. The molecular weight excluding hydrogens is 501 g/mol. The van der Waals surface area contributed by atoms with E-state index in [0.29, 0.717) is 6.04 Å². The first-order valence-corrected chi connectivity index (χ1v) is 12.5. The zero-order valence-corrected chi connectivity index (χ0v) is 21.0. The molecule has 160 valence electrons. The standard InChI is InChI=1S/C20H35N5S2.HI/c1-2-21-19(22-11-6-15-26-20-23-12-16-27-20)24-17-9-13-25(14-10-17)18-7-4-3-5-8-18;/h12,16-18H,2-11,13-15H2,1H3,(H2,21,22,24);1H. The fraction of sp³-hybridized carbons (Fsp3) is 0.800. The Labute approximate surface area is 196 Å². The molecule has 5 nitrogen and oxygen atoms in total. The average Bonchev–Trinajstić information content (AvgIpc) is 3.23. The number of aliphatic imine (C=N–C) groups is 1. The van der Waals surface area contributed by atoms with E-state index in [4.69, 9.17) is 4.99 Å². The van der Waals surface area contributed by atoms with E-state index in [2.05, 4.69) is 27.4 Å². The first kappa shape index (κ1) is 24.2. The van der Waals surface area contributed by atoms with Crippen LogP contribution in [-0.2, 0) is 0 Å². The van der Waals surface area contributed by atoms with Crippen molar-refractivity contribution in [3.8, 4) is 0 Å². The highest BCUT2D eigenvalue weighted by Gasteiger charge is 2.26. The van der Waals surface area contributed by atoms with Gasteiger partial charge >= 0.3 is 0 Å². The SMILES string of the molecule is CCNC(=NCCCSc1nccs1)NC1CCN(C2CCCCC2)CC1.I. The Balaban J connectivity index is 0.00000280. The van der Waals surface area contributed by atoms with Crippen LogP contribution in [0.1, 0.15) is 58.3 Å². The number of nitrogens with zero attached hydrogens (tertiary/aromatic N) is 3. The Morgan fingerprint density at radius 3 is 2.71 bits per heavy atom. The smallest absolute Gasteiger partial charge is 0.191 e. The summed E-state index contributed by atoms with van der Waals surface area (Å²) in [6, 6.07) is 1.42. The molecule has 0 atom stereocenters. The maximum absolute atomic E-state index is 4.79. The van der Waals surface area contributed by atoms with E-state index < -0.39 is 0 Å². The molecule has 2 N–H and O–H groups in total. The summed E-state index contributed by atoms with van der Waals surface area (Å²) in [6.45, 7) is 6.41. The van der Waals surface area contributed by atoms with Crippen molar-refractivity contribution in [1.82, 2.24) is 20.5 Å². The second-order valence-electron chi connectivity index (χ2n) is 7.51. The van der Waals surface area contributed by atoms with E-state index in [1.165, 1.54) is 58.0 Å². The molecule has 2 fully saturated rings. The number of thiazole rings is 1. The average molecular weight is 538 g/mol. The van der Waals surface area contributed by atoms with Crippen LogP contribution >= 0.6 is 47.1 Å². The van der Waals surface area contributed by atoms with E-state index in [0.717, 1.165) is 41.6 Å². The molecule has 1 saturated heterocycles. The van der Waals surface area contributed by atoms with Crippen LogP contribution in [0.15, 0.2) is 20.9 Å². The minimum absolute atomic E-state index is 0. The quantitative estimate of drug-likeness (QED) is 0.167. The summed E-state index contributed by atoms with van der Waals surface area (Å²) >= 11 is 3.55. The lowest BCUT2D eigenvalue weighted by Gasteiger charge is -2.39. The normalized spacial score (nSPS) is 20.0. The third kappa shape index (κ3) is 8.36. The van der Waals surface area contributed by atoms with Gasteiger partial charge in [-0.25, -0.2) is 4.98 Å². The second-order valence-corrected chi connectivity index (χ2v) is 9.74. The molecule has 1 aliphatic carbocycles. The number of nitrogens with one attached hydrogen (secondary N) is 2. The van der Waals surface area contributed by atoms with Crippen molar-refractivity contribution in [2.24, 2.45) is 4.99 Å². The second kappa shape index (κ2) is 14.0. The van der Waals surface area contributed by atoms with Crippen molar-refractivity contribution in [2.45, 2.75) is 74.7 Å². The van der Waals surface area contributed by atoms with Crippen LogP contribution < -0.4 is 10.6 Å². The van der Waals surface area contributed by atoms with Gasteiger partial charge in [0.05, 0.1) is 0 Å². The number of hydrogen-bond acceptors (Lipinski definition) is 5. The number of hydrogen-bond donors (Lipinski definition) is 2. The highest BCUT2D eigenvalue weighted by atomic mass is 127. The van der Waals surface area contributed by atoms with Crippen LogP contribution in [0.2, 0.25) is 0 Å². The molecule has 1 saturated carbocycles. The molecule has 1 aliphatic heterocycles. The fourth-order valence-corrected chi connectivity index (χ4v) is 5.70. The van der Waals surface area contributed by atoms with Crippen LogP contribution in [0, 0.1) is 0 Å². The number of guanidine groups is 1. The molecule has 1 aromatic rings. The third-order valence-electron chi connectivity index (χ3n) is 5.51. The van der Waals surface area contributed by atoms with E-state index >= 15 is 0 Å². The largest absolute Gasteiger partial charge is 0.357 e. The molecular formula is C20H36IN5S2. The highest BCUT2D eigenvalue weighted by molar-refractivity contribution is 14.0. The Morgan fingerprint density at radius 2 is 2.04 bits per heavy atom. The van der Waals surface area contributed by atoms with Crippen molar-refractivity contribution in [1.29, 1.82) is 0 Å². The number of likely N-dealkylation sites (tertiary alicyclic amines) is 1. The Morgan fingerprint density at radius 1 is 1.25 bits per heavy atom. The first-order valence-electron chi connectivity index (χ1n) is 10.7. The van der Waals surface area contributed by atoms with Gasteiger partial charge < -0.3 is 15.5 Å². The fourth-order valence-electron chi connectivity index (χ4n) is 4.07. The van der Waals surface area contributed by atoms with Gasteiger partial charge in [-0.05, 0) is 39.0 Å². The van der Waals surface area contributed by atoms with Gasteiger partial charge in [-0.15, -0.1) is 35.3 Å². The number of piperidine rings is 1. The number of thioether (sulfide) groups is 1. The van der Waals surface area contributed by atoms with Crippen LogP contribution in [0.25, 0.3) is 0 Å². The molecule has 28 heavy (non-hydrogen) atoms. The van der Waals surface area contributed by atoms with Gasteiger partial charge in [-0.3, -0.25) is 4.99 Å². The van der Waals surface area contributed by atoms with Crippen LogP contribution in [-0.4, -0.2) is 59.9 Å². The van der Waals surface area contributed by atoms with Gasteiger partial charge in [0.25, 0.3) is 0 Å². The van der Waals surface area contributed by atoms with Crippen LogP contribution in [0.3, 0.4) is 0 Å². The molecule has 0 unspecified atom stereocenters. The molecule has 2 heterocycles. The third-order valence-corrected chi connectivity index (χ3v) is 7.57. The molecule has 3 rings (SSSR count). The summed E-state index contributed by atoms with van der Waals surface area (Å²) in [4.78, 5) is 11.8. The maximum Gasteiger partial charge on any atom is 0.191 e. The van der Waals surface area contributed by atoms with E-state index in [1.54, 1.807) is 11.3 Å². The van der Waals surface area contributed by atoms with Gasteiger partial charge in [-0.1, -0.05) is 31.0 Å².